The topological polar surface area (TPSA) is 64.4 Å². The summed E-state index contributed by atoms with van der Waals surface area (Å²) in [6.45, 7) is 1.93. The van der Waals surface area contributed by atoms with Crippen LogP contribution < -0.4 is 11.1 Å². The van der Waals surface area contributed by atoms with Crippen LogP contribution in [0.25, 0.3) is 10.8 Å². The monoisotopic (exact) mass is 258 g/mol. The van der Waals surface area contributed by atoms with Crippen molar-refractivity contribution in [1.29, 1.82) is 0 Å². The number of primary amides is 1. The number of hydrogen-bond acceptors (Lipinski definition) is 3. The quantitative estimate of drug-likeness (QED) is 0.738. The molecular weight excluding hydrogens is 240 g/mol. The number of fused-ring (bicyclic) bond motifs is 1. The highest BCUT2D eigenvalue weighted by Crippen LogP contribution is 2.17. The molecular formula is C15H18N2O2. The Hall–Kier alpha value is -1.91. The smallest absolute Gasteiger partial charge is 0.243 e. The summed E-state index contributed by atoms with van der Waals surface area (Å²) in [7, 11) is 0. The van der Waals surface area contributed by atoms with Crippen LogP contribution in [0.1, 0.15) is 5.56 Å². The number of amides is 1. The van der Waals surface area contributed by atoms with Gasteiger partial charge in [0.25, 0.3) is 0 Å². The Morgan fingerprint density at radius 2 is 1.95 bits per heavy atom. The third-order valence-electron chi connectivity index (χ3n) is 2.86. The summed E-state index contributed by atoms with van der Waals surface area (Å²) in [5.74, 6) is -0.436. The van der Waals surface area contributed by atoms with E-state index in [2.05, 4.69) is 35.6 Å². The minimum absolute atomic E-state index is 0.0179. The standard InChI is InChI=1S/C15H18N2O2/c16-15(18)11-19-9-8-17-10-13-6-3-5-12-4-1-2-7-14(12)13/h1-7,17H,8-11H2,(H2,16,18). The third kappa shape index (κ3) is 4.05. The Balaban J connectivity index is 1.83. The first-order chi connectivity index (χ1) is 9.27. The lowest BCUT2D eigenvalue weighted by Crippen LogP contribution is -2.23. The minimum Gasteiger partial charge on any atom is -0.370 e. The first-order valence-electron chi connectivity index (χ1n) is 6.31. The molecule has 2 aromatic rings. The van der Waals surface area contributed by atoms with Crippen LogP contribution in [-0.4, -0.2) is 25.7 Å². The van der Waals surface area contributed by atoms with Gasteiger partial charge in [-0.15, -0.1) is 0 Å². The van der Waals surface area contributed by atoms with Gasteiger partial charge >= 0.3 is 0 Å². The molecule has 2 rings (SSSR count). The Morgan fingerprint density at radius 3 is 2.79 bits per heavy atom. The molecule has 3 N–H and O–H groups in total. The van der Waals surface area contributed by atoms with E-state index in [1.54, 1.807) is 0 Å². The zero-order valence-corrected chi connectivity index (χ0v) is 10.8. The van der Waals surface area contributed by atoms with Crippen LogP contribution >= 0.6 is 0 Å². The van der Waals surface area contributed by atoms with Crippen molar-refractivity contribution in [3.05, 3.63) is 48.0 Å². The molecule has 0 aliphatic carbocycles. The van der Waals surface area contributed by atoms with Gasteiger partial charge in [-0.05, 0) is 16.3 Å². The first kappa shape index (κ1) is 13.5. The lowest BCUT2D eigenvalue weighted by molar-refractivity contribution is -0.122. The molecule has 19 heavy (non-hydrogen) atoms. The van der Waals surface area contributed by atoms with E-state index in [4.69, 9.17) is 10.5 Å². The minimum atomic E-state index is -0.436. The number of carbonyl (C=O) groups is 1. The maximum Gasteiger partial charge on any atom is 0.243 e. The fourth-order valence-electron chi connectivity index (χ4n) is 1.99. The van der Waals surface area contributed by atoms with E-state index >= 15 is 0 Å². The van der Waals surface area contributed by atoms with Gasteiger partial charge in [-0.3, -0.25) is 4.79 Å². The molecule has 4 heteroatoms. The normalized spacial score (nSPS) is 10.7. The SMILES string of the molecule is NC(=O)COCCNCc1cccc2ccccc12. The van der Waals surface area contributed by atoms with E-state index < -0.39 is 5.91 Å². The fourth-order valence-corrected chi connectivity index (χ4v) is 1.99. The van der Waals surface area contributed by atoms with Crippen molar-refractivity contribution in [2.75, 3.05) is 19.8 Å². The molecule has 0 bridgehead atoms. The molecule has 0 spiro atoms. The number of carbonyl (C=O) groups excluding carboxylic acids is 1. The molecule has 100 valence electrons. The van der Waals surface area contributed by atoms with Crippen LogP contribution in [0, 0.1) is 0 Å². The van der Waals surface area contributed by atoms with Crippen molar-refractivity contribution in [3.8, 4) is 0 Å². The van der Waals surface area contributed by atoms with Crippen molar-refractivity contribution in [2.24, 2.45) is 5.73 Å². The Kier molecular flexibility index (Phi) is 4.89. The van der Waals surface area contributed by atoms with Crippen molar-refractivity contribution in [2.45, 2.75) is 6.54 Å². The highest BCUT2D eigenvalue weighted by Gasteiger charge is 1.99. The van der Waals surface area contributed by atoms with Crippen molar-refractivity contribution in [1.82, 2.24) is 5.32 Å². The lowest BCUT2D eigenvalue weighted by atomic mass is 10.0. The molecule has 0 atom stereocenters. The second kappa shape index (κ2) is 6.87. The maximum atomic E-state index is 10.5. The molecule has 0 aromatic heterocycles. The second-order valence-corrected chi connectivity index (χ2v) is 4.33. The van der Waals surface area contributed by atoms with Gasteiger partial charge in [-0.25, -0.2) is 0 Å². The van der Waals surface area contributed by atoms with Crippen molar-refractivity contribution < 1.29 is 9.53 Å². The van der Waals surface area contributed by atoms with Crippen LogP contribution in [0.5, 0.6) is 0 Å². The number of hydrogen-bond donors (Lipinski definition) is 2. The predicted molar refractivity (Wildman–Crippen MR) is 75.7 cm³/mol. The molecule has 1 amide bonds. The average molecular weight is 258 g/mol. The van der Waals surface area contributed by atoms with E-state index in [9.17, 15) is 4.79 Å². The fraction of sp³-hybridized carbons (Fsp3) is 0.267. The van der Waals surface area contributed by atoms with Crippen molar-refractivity contribution >= 4 is 16.7 Å². The molecule has 0 aliphatic rings. The molecule has 0 saturated heterocycles. The van der Waals surface area contributed by atoms with Gasteiger partial charge in [0.2, 0.25) is 5.91 Å². The molecule has 0 radical (unpaired) electrons. The summed E-state index contributed by atoms with van der Waals surface area (Å²) < 4.78 is 5.08. The van der Waals surface area contributed by atoms with Gasteiger partial charge in [0.05, 0.1) is 6.61 Å². The Bertz CT molecular complexity index is 549. The van der Waals surface area contributed by atoms with Gasteiger partial charge in [-0.1, -0.05) is 42.5 Å². The number of nitrogens with two attached hydrogens (primary N) is 1. The van der Waals surface area contributed by atoms with E-state index in [-0.39, 0.29) is 6.61 Å². The molecule has 0 fully saturated rings. The van der Waals surface area contributed by atoms with Crippen LogP contribution in [-0.2, 0) is 16.1 Å². The van der Waals surface area contributed by atoms with E-state index in [1.807, 2.05) is 12.1 Å². The zero-order valence-electron chi connectivity index (χ0n) is 10.8. The summed E-state index contributed by atoms with van der Waals surface area (Å²) >= 11 is 0. The van der Waals surface area contributed by atoms with Crippen molar-refractivity contribution in [3.63, 3.8) is 0 Å². The van der Waals surface area contributed by atoms with E-state index in [0.717, 1.165) is 6.54 Å². The van der Waals surface area contributed by atoms with Gasteiger partial charge in [0, 0.05) is 13.1 Å². The zero-order chi connectivity index (χ0) is 13.5. The third-order valence-corrected chi connectivity index (χ3v) is 2.86. The van der Waals surface area contributed by atoms with Gasteiger partial charge in [-0.2, -0.15) is 0 Å². The molecule has 4 nitrogen and oxygen atoms in total. The molecule has 0 unspecified atom stereocenters. The predicted octanol–water partition coefficient (Wildman–Crippen LogP) is 1.43. The van der Waals surface area contributed by atoms with Gasteiger partial charge in [0.15, 0.2) is 0 Å². The highest BCUT2D eigenvalue weighted by molar-refractivity contribution is 5.85. The highest BCUT2D eigenvalue weighted by atomic mass is 16.5. The van der Waals surface area contributed by atoms with Gasteiger partial charge < -0.3 is 15.8 Å². The van der Waals surface area contributed by atoms with E-state index in [0.29, 0.717) is 13.2 Å². The molecule has 0 heterocycles. The maximum absolute atomic E-state index is 10.5. The number of benzene rings is 2. The van der Waals surface area contributed by atoms with E-state index in [1.165, 1.54) is 16.3 Å². The van der Waals surface area contributed by atoms with Crippen LogP contribution in [0.15, 0.2) is 42.5 Å². The van der Waals surface area contributed by atoms with Gasteiger partial charge in [0.1, 0.15) is 6.61 Å². The Morgan fingerprint density at radius 1 is 1.16 bits per heavy atom. The Labute approximate surface area is 112 Å². The lowest BCUT2D eigenvalue weighted by Gasteiger charge is -2.08. The molecule has 0 aliphatic heterocycles. The summed E-state index contributed by atoms with van der Waals surface area (Å²) in [5, 5.41) is 5.79. The average Bonchev–Trinajstić information content (AvgIpc) is 2.42. The second-order valence-electron chi connectivity index (χ2n) is 4.33. The summed E-state index contributed by atoms with van der Waals surface area (Å²) in [6.07, 6.45) is 0. The molecule has 2 aromatic carbocycles. The van der Waals surface area contributed by atoms with Crippen LogP contribution in [0.4, 0.5) is 0 Å². The largest absolute Gasteiger partial charge is 0.370 e. The molecule has 0 saturated carbocycles. The number of ether oxygens (including phenoxy) is 1. The summed E-state index contributed by atoms with van der Waals surface area (Å²) in [6, 6.07) is 14.6. The summed E-state index contributed by atoms with van der Waals surface area (Å²) in [5.41, 5.74) is 6.23. The summed E-state index contributed by atoms with van der Waals surface area (Å²) in [4.78, 5) is 10.5. The number of nitrogens with one attached hydrogen (secondary N) is 1. The van der Waals surface area contributed by atoms with Crippen LogP contribution in [0.3, 0.4) is 0 Å². The number of rotatable bonds is 7. The first-order valence-corrected chi connectivity index (χ1v) is 6.31. The van der Waals surface area contributed by atoms with Crippen LogP contribution in [0.2, 0.25) is 0 Å².